The highest BCUT2D eigenvalue weighted by atomic mass is 32.2. The van der Waals surface area contributed by atoms with Crippen LogP contribution in [0, 0.1) is 0 Å². The molecule has 1 saturated heterocycles. The van der Waals surface area contributed by atoms with E-state index in [1.165, 1.54) is 10.6 Å². The van der Waals surface area contributed by atoms with Crippen LogP contribution in [0.1, 0.15) is 12.8 Å². The fourth-order valence-corrected chi connectivity index (χ4v) is 2.52. The van der Waals surface area contributed by atoms with Crippen molar-refractivity contribution >= 4 is 10.0 Å². The van der Waals surface area contributed by atoms with E-state index in [0.717, 1.165) is 0 Å². The summed E-state index contributed by atoms with van der Waals surface area (Å²) < 4.78 is 47.4. The van der Waals surface area contributed by atoms with Gasteiger partial charge in [-0.25, -0.2) is 21.5 Å². The second kappa shape index (κ2) is 5.18. The molecule has 1 heterocycles. The summed E-state index contributed by atoms with van der Waals surface area (Å²) in [4.78, 5) is 0. The van der Waals surface area contributed by atoms with Crippen molar-refractivity contribution in [3.05, 3.63) is 0 Å². The second-order valence-electron chi connectivity index (χ2n) is 3.74. The van der Waals surface area contributed by atoms with Crippen LogP contribution in [-0.2, 0) is 10.0 Å². The molecule has 90 valence electrons. The maximum Gasteiger partial charge on any atom is 0.250 e. The number of nitrogens with zero attached hydrogens (tertiary/aromatic N) is 1. The number of piperidine rings is 1. The molecule has 1 N–H and O–H groups in total. The molecule has 0 aromatic heterocycles. The van der Waals surface area contributed by atoms with E-state index in [1.807, 2.05) is 0 Å². The van der Waals surface area contributed by atoms with Gasteiger partial charge in [0, 0.05) is 19.1 Å². The first kappa shape index (κ1) is 12.8. The van der Waals surface area contributed by atoms with E-state index in [4.69, 9.17) is 0 Å². The summed E-state index contributed by atoms with van der Waals surface area (Å²) in [6.07, 6.45) is 0.0115. The number of sulfonamides is 1. The number of hydrogen-bond acceptors (Lipinski definition) is 3. The van der Waals surface area contributed by atoms with Crippen molar-refractivity contribution < 1.29 is 17.2 Å². The van der Waals surface area contributed by atoms with E-state index in [1.54, 1.807) is 0 Å². The van der Waals surface area contributed by atoms with E-state index in [0.29, 0.717) is 25.9 Å². The van der Waals surface area contributed by atoms with Gasteiger partial charge in [-0.05, 0) is 12.8 Å². The molecule has 1 aliphatic heterocycles. The van der Waals surface area contributed by atoms with Crippen molar-refractivity contribution in [2.24, 2.45) is 0 Å². The number of alkyl halides is 2. The molecule has 4 nitrogen and oxygen atoms in total. The Bertz CT molecular complexity index is 287. The number of hydrogen-bond donors (Lipinski definition) is 1. The van der Waals surface area contributed by atoms with E-state index in [9.17, 15) is 17.2 Å². The lowest BCUT2D eigenvalue weighted by molar-refractivity contribution is 0.136. The molecule has 0 spiro atoms. The molecule has 1 fully saturated rings. The van der Waals surface area contributed by atoms with Crippen molar-refractivity contribution in [1.29, 1.82) is 0 Å². The Morgan fingerprint density at radius 1 is 1.40 bits per heavy atom. The first-order valence-electron chi connectivity index (χ1n) is 4.86. The Morgan fingerprint density at radius 2 is 1.93 bits per heavy atom. The summed E-state index contributed by atoms with van der Waals surface area (Å²) in [5, 5.41) is 2.72. The quantitative estimate of drug-likeness (QED) is 0.769. The molecule has 1 rings (SSSR count). The van der Waals surface area contributed by atoms with Crippen molar-refractivity contribution in [2.75, 3.05) is 25.9 Å². The van der Waals surface area contributed by atoms with Crippen LogP contribution in [0.5, 0.6) is 0 Å². The van der Waals surface area contributed by atoms with Gasteiger partial charge in [0.05, 0.1) is 12.8 Å². The summed E-state index contributed by atoms with van der Waals surface area (Å²) in [6.45, 7) is 0.517. The lowest BCUT2D eigenvalue weighted by Gasteiger charge is -2.30. The monoisotopic (exact) mass is 242 g/mol. The minimum Gasteiger partial charge on any atom is -0.309 e. The standard InChI is InChI=1S/C8H16F2N2O2S/c1-15(13,14)12-4-2-7(3-5-12)11-6-8(9)10/h7-8,11H,2-6H2,1H3. The highest BCUT2D eigenvalue weighted by molar-refractivity contribution is 7.88. The first-order chi connectivity index (χ1) is 6.89. The van der Waals surface area contributed by atoms with Gasteiger partial charge in [0.1, 0.15) is 0 Å². The van der Waals surface area contributed by atoms with Gasteiger partial charge in [-0.2, -0.15) is 0 Å². The second-order valence-corrected chi connectivity index (χ2v) is 5.72. The minimum absolute atomic E-state index is 0.0111. The predicted octanol–water partition coefficient (Wildman–Crippen LogP) is 0.265. The predicted molar refractivity (Wildman–Crippen MR) is 53.4 cm³/mol. The molecule has 0 unspecified atom stereocenters. The van der Waals surface area contributed by atoms with Gasteiger partial charge in [0.25, 0.3) is 6.43 Å². The zero-order valence-corrected chi connectivity index (χ0v) is 9.43. The molecule has 1 aliphatic rings. The fourth-order valence-electron chi connectivity index (χ4n) is 1.65. The van der Waals surface area contributed by atoms with E-state index in [-0.39, 0.29) is 12.6 Å². The van der Waals surface area contributed by atoms with Crippen LogP contribution < -0.4 is 5.32 Å². The molecule has 0 aromatic rings. The molecule has 0 amide bonds. The van der Waals surface area contributed by atoms with Gasteiger partial charge in [0.15, 0.2) is 0 Å². The highest BCUT2D eigenvalue weighted by Gasteiger charge is 2.24. The highest BCUT2D eigenvalue weighted by Crippen LogP contribution is 2.13. The van der Waals surface area contributed by atoms with Gasteiger partial charge >= 0.3 is 0 Å². The van der Waals surface area contributed by atoms with Crippen molar-refractivity contribution in [3.63, 3.8) is 0 Å². The fraction of sp³-hybridized carbons (Fsp3) is 1.00. The number of halogens is 2. The molecule has 0 atom stereocenters. The molecule has 0 radical (unpaired) electrons. The van der Waals surface area contributed by atoms with Crippen LogP contribution >= 0.6 is 0 Å². The zero-order valence-electron chi connectivity index (χ0n) is 8.62. The third-order valence-electron chi connectivity index (χ3n) is 2.48. The molecular formula is C8H16F2N2O2S. The van der Waals surface area contributed by atoms with E-state index in [2.05, 4.69) is 5.32 Å². The molecule has 0 bridgehead atoms. The van der Waals surface area contributed by atoms with E-state index < -0.39 is 16.4 Å². The van der Waals surface area contributed by atoms with Crippen LogP contribution in [0.3, 0.4) is 0 Å². The maximum atomic E-state index is 11.9. The molecule has 0 saturated carbocycles. The van der Waals surface area contributed by atoms with Crippen LogP contribution in [0.25, 0.3) is 0 Å². The smallest absolute Gasteiger partial charge is 0.250 e. The zero-order chi connectivity index (χ0) is 11.5. The summed E-state index contributed by atoms with van der Waals surface area (Å²) in [7, 11) is -3.12. The Labute approximate surface area is 88.7 Å². The van der Waals surface area contributed by atoms with Gasteiger partial charge in [-0.15, -0.1) is 0 Å². The van der Waals surface area contributed by atoms with Crippen LogP contribution in [0.2, 0.25) is 0 Å². The third kappa shape index (κ3) is 4.40. The maximum absolute atomic E-state index is 11.9. The van der Waals surface area contributed by atoms with Crippen molar-refractivity contribution in [1.82, 2.24) is 9.62 Å². The Kier molecular flexibility index (Phi) is 4.42. The Morgan fingerprint density at radius 3 is 2.33 bits per heavy atom. The minimum atomic E-state index is -3.12. The van der Waals surface area contributed by atoms with Crippen molar-refractivity contribution in [2.45, 2.75) is 25.3 Å². The van der Waals surface area contributed by atoms with Gasteiger partial charge in [-0.1, -0.05) is 0 Å². The molecular weight excluding hydrogens is 226 g/mol. The average molecular weight is 242 g/mol. The van der Waals surface area contributed by atoms with Gasteiger partial charge < -0.3 is 5.32 Å². The SMILES string of the molecule is CS(=O)(=O)N1CCC(NCC(F)F)CC1. The topological polar surface area (TPSA) is 49.4 Å². The molecule has 0 aromatic carbocycles. The van der Waals surface area contributed by atoms with Crippen LogP contribution in [0.4, 0.5) is 8.78 Å². The first-order valence-corrected chi connectivity index (χ1v) is 6.71. The Balaban J connectivity index is 2.30. The number of rotatable bonds is 4. The molecule has 0 aliphatic carbocycles. The van der Waals surface area contributed by atoms with Gasteiger partial charge in [0.2, 0.25) is 10.0 Å². The number of nitrogens with one attached hydrogen (secondary N) is 1. The van der Waals surface area contributed by atoms with Crippen molar-refractivity contribution in [3.8, 4) is 0 Å². The molecule has 15 heavy (non-hydrogen) atoms. The van der Waals surface area contributed by atoms with Crippen LogP contribution in [-0.4, -0.2) is 51.1 Å². The molecule has 7 heteroatoms. The van der Waals surface area contributed by atoms with Crippen LogP contribution in [0.15, 0.2) is 0 Å². The Hall–Kier alpha value is -0.270. The third-order valence-corrected chi connectivity index (χ3v) is 3.79. The summed E-state index contributed by atoms with van der Waals surface area (Å²) in [6, 6.07) is 0.0111. The van der Waals surface area contributed by atoms with E-state index >= 15 is 0 Å². The summed E-state index contributed by atoms with van der Waals surface area (Å²) in [5.41, 5.74) is 0. The average Bonchev–Trinajstić information content (AvgIpc) is 2.14. The lowest BCUT2D eigenvalue weighted by atomic mass is 10.1. The summed E-state index contributed by atoms with van der Waals surface area (Å²) >= 11 is 0. The van der Waals surface area contributed by atoms with Gasteiger partial charge in [-0.3, -0.25) is 0 Å². The lowest BCUT2D eigenvalue weighted by Crippen LogP contribution is -2.45. The largest absolute Gasteiger partial charge is 0.309 e. The normalized spacial score (nSPS) is 21.1. The summed E-state index contributed by atoms with van der Waals surface area (Å²) in [5.74, 6) is 0.